The van der Waals surface area contributed by atoms with E-state index < -0.39 is 19.5 Å². The van der Waals surface area contributed by atoms with Gasteiger partial charge in [-0.05, 0) is 36.4 Å². The van der Waals surface area contributed by atoms with Crippen molar-refractivity contribution in [1.82, 2.24) is 0 Å². The zero-order valence-electron chi connectivity index (χ0n) is 12.6. The third kappa shape index (κ3) is 12.4. The quantitative estimate of drug-likeness (QED) is 0.270. The minimum atomic E-state index is -11.2. The summed E-state index contributed by atoms with van der Waals surface area (Å²) in [7, 11) is 0. The maximum absolute atomic E-state index is 11.2. The van der Waals surface area contributed by atoms with Crippen molar-refractivity contribution in [3.8, 4) is 5.75 Å². The van der Waals surface area contributed by atoms with Crippen LogP contribution in [-0.2, 0) is 23.3 Å². The zero-order valence-corrected chi connectivity index (χ0v) is 16.1. The SMILES string of the molecule is Cc1ccccc1C[SH+]Cc1ccc(O)cc1.[F][Sb-]([F])([F])([F])([F])[F]. The van der Waals surface area contributed by atoms with Crippen molar-refractivity contribution in [3.63, 3.8) is 0 Å². The fourth-order valence-corrected chi connectivity index (χ4v) is 2.87. The zero-order chi connectivity index (χ0) is 18.5. The van der Waals surface area contributed by atoms with Gasteiger partial charge in [-0.25, -0.2) is 0 Å². The van der Waals surface area contributed by atoms with Crippen molar-refractivity contribution < 1.29 is 22.0 Å². The molecule has 1 nitrogen and oxygen atoms in total. The van der Waals surface area contributed by atoms with Gasteiger partial charge < -0.3 is 5.11 Å². The monoisotopic (exact) mass is 480 g/mol. The van der Waals surface area contributed by atoms with Crippen LogP contribution in [0.15, 0.2) is 48.5 Å². The van der Waals surface area contributed by atoms with E-state index in [1.54, 1.807) is 12.1 Å². The normalized spacial score (nSPS) is 14.1. The summed E-state index contributed by atoms with van der Waals surface area (Å²) in [4.78, 5) is 0. The summed E-state index contributed by atoms with van der Waals surface area (Å²) >= 11 is -9.85. The van der Waals surface area contributed by atoms with E-state index >= 15 is 0 Å². The Balaban J connectivity index is 0.000000351. The van der Waals surface area contributed by atoms with Gasteiger partial charge in [0.2, 0.25) is 0 Å². The Morgan fingerprint density at radius 1 is 0.833 bits per heavy atom. The van der Waals surface area contributed by atoms with Crippen LogP contribution in [0.2, 0.25) is 0 Å². The van der Waals surface area contributed by atoms with E-state index in [0.29, 0.717) is 5.75 Å². The Bertz CT molecular complexity index is 659. The first-order valence-electron chi connectivity index (χ1n) is 6.73. The van der Waals surface area contributed by atoms with Gasteiger partial charge in [0.25, 0.3) is 0 Å². The molecule has 0 radical (unpaired) electrons. The fourth-order valence-electron chi connectivity index (χ4n) is 1.69. The number of aryl methyl sites for hydroxylation is 1. The number of thiol groups is 1. The first kappa shape index (κ1) is 21.0. The van der Waals surface area contributed by atoms with Crippen LogP contribution in [0.3, 0.4) is 0 Å². The predicted molar refractivity (Wildman–Crippen MR) is 87.9 cm³/mol. The summed E-state index contributed by atoms with van der Waals surface area (Å²) in [6.45, 7) is 2.16. The Labute approximate surface area is 142 Å². The summed E-state index contributed by atoms with van der Waals surface area (Å²) in [5, 5.41) is 9.19. The fraction of sp³-hybridized carbons (Fsp3) is 0.200. The van der Waals surface area contributed by atoms with Crippen LogP contribution < -0.4 is 0 Å². The molecule has 0 saturated heterocycles. The molecular weight excluding hydrogens is 464 g/mol. The Kier molecular flexibility index (Phi) is 6.20. The molecule has 0 saturated carbocycles. The number of aromatic hydroxyl groups is 1. The van der Waals surface area contributed by atoms with Gasteiger partial charge in [0.05, 0.1) is 0 Å². The van der Waals surface area contributed by atoms with Crippen LogP contribution in [0.5, 0.6) is 5.75 Å². The van der Waals surface area contributed by atoms with E-state index in [4.69, 9.17) is 0 Å². The molecule has 0 heterocycles. The molecule has 136 valence electrons. The molecule has 2 aromatic rings. The third-order valence-electron chi connectivity index (χ3n) is 2.77. The number of phenolic OH excluding ortho intramolecular Hbond substituents is 1. The van der Waals surface area contributed by atoms with E-state index in [9.17, 15) is 22.0 Å². The minimum absolute atomic E-state index is 0.337. The van der Waals surface area contributed by atoms with Crippen LogP contribution in [-0.4, -0.2) is 24.6 Å². The van der Waals surface area contributed by atoms with Crippen molar-refractivity contribution in [2.24, 2.45) is 0 Å². The van der Waals surface area contributed by atoms with Gasteiger partial charge in [-0.2, -0.15) is 0 Å². The molecule has 0 bridgehead atoms. The number of hydrogen-bond acceptors (Lipinski definition) is 1. The second-order valence-electron chi connectivity index (χ2n) is 5.09. The average Bonchev–Trinajstić information content (AvgIpc) is 2.40. The molecule has 0 fully saturated rings. The van der Waals surface area contributed by atoms with E-state index in [-0.39, 0.29) is 0 Å². The second kappa shape index (κ2) is 7.08. The summed E-state index contributed by atoms with van der Waals surface area (Å²) in [6.07, 6.45) is 0. The molecule has 9 heteroatoms. The van der Waals surface area contributed by atoms with Gasteiger partial charge in [-0.3, -0.25) is 0 Å². The van der Waals surface area contributed by atoms with Crippen molar-refractivity contribution >= 4 is 31.2 Å². The number of rotatable bonds is 4. The molecule has 0 unspecified atom stereocenters. The Morgan fingerprint density at radius 3 is 1.83 bits per heavy atom. The molecule has 0 atom stereocenters. The van der Waals surface area contributed by atoms with Crippen molar-refractivity contribution in [3.05, 3.63) is 65.2 Å². The summed E-state index contributed by atoms with van der Waals surface area (Å²) in [6, 6.07) is 16.0. The standard InChI is InChI=1S/C15H16OS.6FH.Sb/c1-12-4-2-3-5-14(12)11-17-10-13-6-8-15(16)9-7-13;;;;;;;/h2-9,16H,10-11H2,1H3;6*1H;/q;;;;;;;+5/p-5. The van der Waals surface area contributed by atoms with Gasteiger partial charge in [0.1, 0.15) is 17.3 Å². The molecule has 1 N–H and O–H groups in total. The van der Waals surface area contributed by atoms with E-state index in [1.807, 2.05) is 12.1 Å². The summed E-state index contributed by atoms with van der Waals surface area (Å²) < 4.78 is 59.6. The molecule has 0 amide bonds. The molecule has 2 aromatic carbocycles. The van der Waals surface area contributed by atoms with E-state index in [2.05, 4.69) is 31.2 Å². The van der Waals surface area contributed by atoms with Gasteiger partial charge >= 0.3 is 36.4 Å². The number of phenols is 1. The van der Waals surface area contributed by atoms with E-state index in [1.165, 1.54) is 28.5 Å². The summed E-state index contributed by atoms with van der Waals surface area (Å²) in [5.41, 5.74) is 4.07. The topological polar surface area (TPSA) is 20.2 Å². The molecule has 0 aromatic heterocycles. The third-order valence-corrected chi connectivity index (χ3v) is 3.93. The molecule has 24 heavy (non-hydrogen) atoms. The van der Waals surface area contributed by atoms with Gasteiger partial charge in [-0.15, -0.1) is 0 Å². The Morgan fingerprint density at radius 2 is 1.33 bits per heavy atom. The average molecular weight is 481 g/mol. The molecule has 0 aliphatic heterocycles. The van der Waals surface area contributed by atoms with Gasteiger partial charge in [0.15, 0.2) is 0 Å². The second-order valence-corrected chi connectivity index (χ2v) is 11.6. The predicted octanol–water partition coefficient (Wildman–Crippen LogP) is 5.36. The van der Waals surface area contributed by atoms with Gasteiger partial charge in [-0.1, -0.05) is 36.4 Å². The van der Waals surface area contributed by atoms with E-state index in [0.717, 1.165) is 11.5 Å². The van der Waals surface area contributed by atoms with Crippen LogP contribution in [0.25, 0.3) is 0 Å². The van der Waals surface area contributed by atoms with Crippen molar-refractivity contribution in [1.29, 1.82) is 0 Å². The molecule has 0 spiro atoms. The van der Waals surface area contributed by atoms with Crippen LogP contribution in [0.1, 0.15) is 16.7 Å². The first-order valence-corrected chi connectivity index (χ1v) is 13.8. The Hall–Kier alpha value is -1.01. The molecule has 0 aliphatic carbocycles. The molecule has 2 rings (SSSR count). The van der Waals surface area contributed by atoms with Gasteiger partial charge in [0, 0.05) is 11.1 Å². The number of benzene rings is 2. The molecular formula is C15H17F6OSSb. The number of halogens is 6. The summed E-state index contributed by atoms with van der Waals surface area (Å²) in [5.74, 6) is 2.46. The van der Waals surface area contributed by atoms with Crippen LogP contribution >= 0.6 is 0 Å². The molecule has 0 aliphatic rings. The van der Waals surface area contributed by atoms with Crippen LogP contribution in [0, 0.1) is 6.92 Å². The van der Waals surface area contributed by atoms with Crippen LogP contribution in [0.4, 0.5) is 16.9 Å². The van der Waals surface area contributed by atoms with Crippen molar-refractivity contribution in [2.45, 2.75) is 18.4 Å². The van der Waals surface area contributed by atoms with Crippen molar-refractivity contribution in [2.75, 3.05) is 0 Å². The number of hydrogen-bond donors (Lipinski definition) is 1. The first-order chi connectivity index (χ1) is 10.7. The maximum atomic E-state index is 9.93.